The molecule has 0 amide bonds. The van der Waals surface area contributed by atoms with Crippen LogP contribution in [0.3, 0.4) is 0 Å². The van der Waals surface area contributed by atoms with Gasteiger partial charge in [0.15, 0.2) is 5.25 Å². The van der Waals surface area contributed by atoms with E-state index in [0.29, 0.717) is 6.54 Å². The summed E-state index contributed by atoms with van der Waals surface area (Å²) in [5.41, 5.74) is 0. The van der Waals surface area contributed by atoms with Crippen LogP contribution in [-0.2, 0) is 10.0 Å². The molecule has 0 aliphatic carbocycles. The largest absolute Gasteiger partial charge is 0.227 e. The van der Waals surface area contributed by atoms with Crippen LogP contribution in [0.2, 0.25) is 0 Å². The molecule has 0 aliphatic rings. The number of rotatable bonds is 5. The fourth-order valence-electron chi connectivity index (χ4n) is 0.586. The first-order valence-corrected chi connectivity index (χ1v) is 5.47. The molecule has 1 atom stereocenters. The number of hydrogen-bond acceptors (Lipinski definition) is 3. The average Bonchev–Trinajstić information content (AvgIpc) is 2.03. The summed E-state index contributed by atoms with van der Waals surface area (Å²) in [5.74, 6) is 0. The van der Waals surface area contributed by atoms with E-state index >= 15 is 0 Å². The monoisotopic (exact) mass is 190 g/mol. The van der Waals surface area contributed by atoms with Gasteiger partial charge in [0.2, 0.25) is 10.0 Å². The van der Waals surface area contributed by atoms with Gasteiger partial charge in [-0.05, 0) is 13.3 Å². The van der Waals surface area contributed by atoms with Gasteiger partial charge < -0.3 is 0 Å². The highest BCUT2D eigenvalue weighted by atomic mass is 32.2. The lowest BCUT2D eigenvalue weighted by atomic mass is 10.3. The standard InChI is InChI=1S/C7H14N2O2S/c1-3-4-5-9-12(10,11)7(2)6-8/h7,9H,3-5H2,1-2H3. The highest BCUT2D eigenvalue weighted by Gasteiger charge is 2.18. The van der Waals surface area contributed by atoms with Crippen molar-refractivity contribution in [3.8, 4) is 6.07 Å². The van der Waals surface area contributed by atoms with Crippen molar-refractivity contribution in [2.75, 3.05) is 6.54 Å². The molecule has 0 bridgehead atoms. The van der Waals surface area contributed by atoms with Crippen LogP contribution < -0.4 is 4.72 Å². The molecule has 4 nitrogen and oxygen atoms in total. The molecule has 0 saturated heterocycles. The fraction of sp³-hybridized carbons (Fsp3) is 0.857. The van der Waals surface area contributed by atoms with Gasteiger partial charge in [-0.15, -0.1) is 0 Å². The topological polar surface area (TPSA) is 70.0 Å². The van der Waals surface area contributed by atoms with Gasteiger partial charge in [-0.1, -0.05) is 13.3 Å². The first kappa shape index (κ1) is 11.4. The second-order valence-corrected chi connectivity index (χ2v) is 4.65. The van der Waals surface area contributed by atoms with Gasteiger partial charge in [-0.2, -0.15) is 5.26 Å². The predicted octanol–water partition coefficient (Wildman–Crippen LogP) is 0.618. The van der Waals surface area contributed by atoms with Crippen molar-refractivity contribution in [1.82, 2.24) is 4.72 Å². The third-order valence-electron chi connectivity index (χ3n) is 1.48. The second-order valence-electron chi connectivity index (χ2n) is 2.56. The molecule has 1 unspecified atom stereocenters. The third-order valence-corrected chi connectivity index (χ3v) is 3.12. The van der Waals surface area contributed by atoms with Crippen molar-refractivity contribution in [2.45, 2.75) is 31.9 Å². The summed E-state index contributed by atoms with van der Waals surface area (Å²) < 4.78 is 24.6. The molecule has 0 aromatic heterocycles. The van der Waals surface area contributed by atoms with Crippen LogP contribution in [0.15, 0.2) is 0 Å². The minimum absolute atomic E-state index is 0.421. The van der Waals surface area contributed by atoms with Crippen LogP contribution in [0, 0.1) is 11.3 Å². The van der Waals surface area contributed by atoms with E-state index in [1.807, 2.05) is 6.92 Å². The maximum absolute atomic E-state index is 11.1. The number of hydrogen-bond donors (Lipinski definition) is 1. The Morgan fingerprint density at radius 1 is 1.58 bits per heavy atom. The molecule has 5 heteroatoms. The van der Waals surface area contributed by atoms with Gasteiger partial charge in [-0.3, -0.25) is 0 Å². The predicted molar refractivity (Wildman–Crippen MR) is 46.9 cm³/mol. The van der Waals surface area contributed by atoms with Crippen LogP contribution in [0.5, 0.6) is 0 Å². The first-order valence-electron chi connectivity index (χ1n) is 3.92. The quantitative estimate of drug-likeness (QED) is 0.646. The van der Waals surface area contributed by atoms with Gasteiger partial charge in [0.25, 0.3) is 0 Å². The molecule has 0 spiro atoms. The molecule has 0 aliphatic heterocycles. The second kappa shape index (κ2) is 5.12. The zero-order chi connectivity index (χ0) is 9.61. The number of nitrogens with zero attached hydrogens (tertiary/aromatic N) is 1. The van der Waals surface area contributed by atoms with Crippen LogP contribution >= 0.6 is 0 Å². The number of nitrogens with one attached hydrogen (secondary N) is 1. The average molecular weight is 190 g/mol. The van der Waals surface area contributed by atoms with Gasteiger partial charge in [0.05, 0.1) is 6.07 Å². The van der Waals surface area contributed by atoms with Gasteiger partial charge >= 0.3 is 0 Å². The van der Waals surface area contributed by atoms with E-state index in [1.54, 1.807) is 6.07 Å². The Kier molecular flexibility index (Phi) is 4.86. The maximum atomic E-state index is 11.1. The van der Waals surface area contributed by atoms with Crippen LogP contribution in [-0.4, -0.2) is 20.2 Å². The molecule has 0 heterocycles. The molecule has 0 rings (SSSR count). The van der Waals surface area contributed by atoms with Crippen LogP contribution in [0.4, 0.5) is 0 Å². The lowest BCUT2D eigenvalue weighted by molar-refractivity contribution is 0.574. The summed E-state index contributed by atoms with van der Waals surface area (Å²) in [6.45, 7) is 3.77. The van der Waals surface area contributed by atoms with Crippen LogP contribution in [0.25, 0.3) is 0 Å². The normalized spacial score (nSPS) is 13.8. The zero-order valence-electron chi connectivity index (χ0n) is 7.37. The molecular formula is C7H14N2O2S. The first-order chi connectivity index (χ1) is 5.54. The van der Waals surface area contributed by atoms with Crippen molar-refractivity contribution >= 4 is 10.0 Å². The molecular weight excluding hydrogens is 176 g/mol. The molecule has 70 valence electrons. The van der Waals surface area contributed by atoms with E-state index in [1.165, 1.54) is 6.92 Å². The Labute approximate surface area is 73.6 Å². The lowest BCUT2D eigenvalue weighted by Crippen LogP contribution is -2.32. The molecule has 0 fully saturated rings. The fourth-order valence-corrected chi connectivity index (χ4v) is 1.40. The van der Waals surface area contributed by atoms with E-state index in [-0.39, 0.29) is 0 Å². The SMILES string of the molecule is CCCCNS(=O)(=O)C(C)C#N. The third kappa shape index (κ3) is 3.69. The van der Waals surface area contributed by atoms with Gasteiger partial charge in [-0.25, -0.2) is 13.1 Å². The molecule has 1 N–H and O–H groups in total. The van der Waals surface area contributed by atoms with Crippen molar-refractivity contribution < 1.29 is 8.42 Å². The minimum Gasteiger partial charge on any atom is -0.214 e. The van der Waals surface area contributed by atoms with Crippen molar-refractivity contribution in [3.63, 3.8) is 0 Å². The highest BCUT2D eigenvalue weighted by Crippen LogP contribution is 1.96. The zero-order valence-corrected chi connectivity index (χ0v) is 8.19. The van der Waals surface area contributed by atoms with Gasteiger partial charge in [0.1, 0.15) is 0 Å². The number of sulfonamides is 1. The van der Waals surface area contributed by atoms with Crippen molar-refractivity contribution in [3.05, 3.63) is 0 Å². The van der Waals surface area contributed by atoms with E-state index in [2.05, 4.69) is 4.72 Å². The Morgan fingerprint density at radius 3 is 2.58 bits per heavy atom. The minimum atomic E-state index is -3.39. The Balaban J connectivity index is 3.99. The number of nitriles is 1. The maximum Gasteiger partial charge on any atom is 0.227 e. The van der Waals surface area contributed by atoms with E-state index in [0.717, 1.165) is 12.8 Å². The number of unbranched alkanes of at least 4 members (excludes halogenated alkanes) is 1. The van der Waals surface area contributed by atoms with E-state index < -0.39 is 15.3 Å². The molecule has 0 aromatic carbocycles. The van der Waals surface area contributed by atoms with Crippen molar-refractivity contribution in [2.24, 2.45) is 0 Å². The van der Waals surface area contributed by atoms with Gasteiger partial charge in [0, 0.05) is 6.54 Å². The lowest BCUT2D eigenvalue weighted by Gasteiger charge is -2.06. The summed E-state index contributed by atoms with van der Waals surface area (Å²) >= 11 is 0. The van der Waals surface area contributed by atoms with Crippen LogP contribution in [0.1, 0.15) is 26.7 Å². The highest BCUT2D eigenvalue weighted by molar-refractivity contribution is 7.90. The summed E-state index contributed by atoms with van der Waals surface area (Å²) in [6.07, 6.45) is 1.74. The summed E-state index contributed by atoms with van der Waals surface area (Å²) in [4.78, 5) is 0. The van der Waals surface area contributed by atoms with E-state index in [4.69, 9.17) is 5.26 Å². The molecule has 0 radical (unpaired) electrons. The van der Waals surface area contributed by atoms with Crippen molar-refractivity contribution in [1.29, 1.82) is 5.26 Å². The summed E-state index contributed by atoms with van der Waals surface area (Å²) in [5, 5.41) is 7.39. The summed E-state index contributed by atoms with van der Waals surface area (Å²) in [6, 6.07) is 1.68. The molecule has 0 saturated carbocycles. The summed E-state index contributed by atoms with van der Waals surface area (Å²) in [7, 11) is -3.39. The Morgan fingerprint density at radius 2 is 2.17 bits per heavy atom. The molecule has 12 heavy (non-hydrogen) atoms. The Hall–Kier alpha value is -0.600. The molecule has 0 aromatic rings. The van der Waals surface area contributed by atoms with E-state index in [9.17, 15) is 8.42 Å². The smallest absolute Gasteiger partial charge is 0.214 e. The Bertz CT molecular complexity index is 253.